The van der Waals surface area contributed by atoms with Gasteiger partial charge in [0.05, 0.1) is 12.1 Å². The zero-order valence-corrected chi connectivity index (χ0v) is 10.1. The zero-order valence-electron chi connectivity index (χ0n) is 9.35. The molecule has 0 saturated carbocycles. The highest BCUT2D eigenvalue weighted by Crippen LogP contribution is 2.11. The number of aromatic nitrogens is 2. The van der Waals surface area contributed by atoms with Crippen molar-refractivity contribution in [1.29, 1.82) is 0 Å². The highest BCUT2D eigenvalue weighted by Gasteiger charge is 2.10. The van der Waals surface area contributed by atoms with E-state index in [1.165, 1.54) is 0 Å². The van der Waals surface area contributed by atoms with E-state index in [0.29, 0.717) is 12.1 Å². The van der Waals surface area contributed by atoms with Crippen LogP contribution in [0.4, 0.5) is 0 Å². The van der Waals surface area contributed by atoms with Crippen molar-refractivity contribution >= 4 is 17.5 Å². The van der Waals surface area contributed by atoms with Gasteiger partial charge in [0.1, 0.15) is 5.15 Å². The average molecular weight is 250 g/mol. The second-order valence-electron chi connectivity index (χ2n) is 3.63. The van der Waals surface area contributed by atoms with Crippen LogP contribution in [0.2, 0.25) is 5.15 Å². The van der Waals surface area contributed by atoms with Crippen molar-refractivity contribution in [2.24, 2.45) is 7.05 Å². The van der Waals surface area contributed by atoms with Gasteiger partial charge in [-0.05, 0) is 24.3 Å². The molecular weight excluding hydrogens is 238 g/mol. The maximum atomic E-state index is 11.8. The Hall–Kier alpha value is -1.81. The number of hydrogen-bond acceptors (Lipinski definition) is 2. The third kappa shape index (κ3) is 2.65. The largest absolute Gasteiger partial charge is 0.353 e. The average Bonchev–Trinajstić information content (AvgIpc) is 2.72. The number of carbonyl (C=O) groups excluding carboxylic acids is 1. The number of halogens is 1. The highest BCUT2D eigenvalue weighted by atomic mass is 35.5. The van der Waals surface area contributed by atoms with Gasteiger partial charge in [-0.15, -0.1) is 0 Å². The molecular formula is C12H12ClN3O. The van der Waals surface area contributed by atoms with E-state index in [-0.39, 0.29) is 11.1 Å². The fourth-order valence-electron chi connectivity index (χ4n) is 1.50. The van der Waals surface area contributed by atoms with Gasteiger partial charge in [0, 0.05) is 25.1 Å². The van der Waals surface area contributed by atoms with E-state index in [1.54, 1.807) is 18.3 Å². The quantitative estimate of drug-likeness (QED) is 0.846. The van der Waals surface area contributed by atoms with Crippen LogP contribution in [0, 0.1) is 0 Å². The lowest BCUT2D eigenvalue weighted by molar-refractivity contribution is 0.0950. The Balaban J connectivity index is 2.04. The molecule has 0 aliphatic heterocycles. The van der Waals surface area contributed by atoms with E-state index in [9.17, 15) is 4.79 Å². The molecule has 2 rings (SSSR count). The third-order valence-electron chi connectivity index (χ3n) is 2.49. The molecule has 0 radical (unpaired) electrons. The Morgan fingerprint density at radius 3 is 2.94 bits per heavy atom. The summed E-state index contributed by atoms with van der Waals surface area (Å²) in [6, 6.07) is 7.21. The van der Waals surface area contributed by atoms with Crippen molar-refractivity contribution < 1.29 is 4.79 Å². The number of hydrogen-bond donors (Lipinski definition) is 1. The maximum absolute atomic E-state index is 11.8. The molecule has 0 atom stereocenters. The summed E-state index contributed by atoms with van der Waals surface area (Å²) < 4.78 is 1.95. The molecule has 2 aromatic rings. The number of rotatable bonds is 3. The standard InChI is InChI=1S/C12H12ClN3O/c1-16-7-3-4-9(16)8-15-12(17)10-5-2-6-14-11(10)13/h2-7H,8H2,1H3,(H,15,17). The lowest BCUT2D eigenvalue weighted by Crippen LogP contribution is -2.24. The summed E-state index contributed by atoms with van der Waals surface area (Å²) in [6.45, 7) is 0.466. The van der Waals surface area contributed by atoms with E-state index in [0.717, 1.165) is 5.69 Å². The van der Waals surface area contributed by atoms with Crippen molar-refractivity contribution in [3.05, 3.63) is 53.1 Å². The molecule has 0 bridgehead atoms. The molecule has 4 nitrogen and oxygen atoms in total. The van der Waals surface area contributed by atoms with Gasteiger partial charge in [-0.3, -0.25) is 4.79 Å². The van der Waals surface area contributed by atoms with Crippen LogP contribution < -0.4 is 5.32 Å². The molecule has 0 saturated heterocycles. The van der Waals surface area contributed by atoms with Crippen LogP contribution >= 0.6 is 11.6 Å². The number of amides is 1. The minimum absolute atomic E-state index is 0.218. The summed E-state index contributed by atoms with van der Waals surface area (Å²) in [5, 5.41) is 3.02. The molecule has 0 aliphatic rings. The van der Waals surface area contributed by atoms with E-state index >= 15 is 0 Å². The first kappa shape index (κ1) is 11.7. The Kier molecular flexibility index (Phi) is 3.44. The molecule has 0 aliphatic carbocycles. The Morgan fingerprint density at radius 2 is 2.29 bits per heavy atom. The zero-order chi connectivity index (χ0) is 12.3. The fraction of sp³-hybridized carbons (Fsp3) is 0.167. The van der Waals surface area contributed by atoms with Gasteiger partial charge in [0.25, 0.3) is 5.91 Å². The minimum Gasteiger partial charge on any atom is -0.353 e. The number of aryl methyl sites for hydroxylation is 1. The summed E-state index contributed by atoms with van der Waals surface area (Å²) in [7, 11) is 1.93. The Labute approximate surface area is 104 Å². The predicted octanol–water partition coefficient (Wildman–Crippen LogP) is 2.00. The monoisotopic (exact) mass is 249 g/mol. The minimum atomic E-state index is -0.218. The van der Waals surface area contributed by atoms with E-state index in [2.05, 4.69) is 10.3 Å². The van der Waals surface area contributed by atoms with Gasteiger partial charge >= 0.3 is 0 Å². The van der Waals surface area contributed by atoms with Crippen LogP contribution in [-0.4, -0.2) is 15.5 Å². The third-order valence-corrected chi connectivity index (χ3v) is 2.79. The van der Waals surface area contributed by atoms with Crippen LogP contribution in [0.25, 0.3) is 0 Å². The van der Waals surface area contributed by atoms with Gasteiger partial charge in [0.15, 0.2) is 0 Å². The van der Waals surface area contributed by atoms with Crippen molar-refractivity contribution in [2.45, 2.75) is 6.54 Å². The van der Waals surface area contributed by atoms with Crippen LogP contribution in [0.15, 0.2) is 36.7 Å². The molecule has 5 heteroatoms. The number of nitrogens with one attached hydrogen (secondary N) is 1. The smallest absolute Gasteiger partial charge is 0.254 e. The molecule has 88 valence electrons. The molecule has 1 N–H and O–H groups in total. The number of carbonyl (C=O) groups is 1. The SMILES string of the molecule is Cn1cccc1CNC(=O)c1cccnc1Cl. The highest BCUT2D eigenvalue weighted by molar-refractivity contribution is 6.32. The summed E-state index contributed by atoms with van der Waals surface area (Å²) in [6.07, 6.45) is 3.48. The number of nitrogens with zero attached hydrogens (tertiary/aromatic N) is 2. The molecule has 1 amide bonds. The van der Waals surface area contributed by atoms with Gasteiger partial charge < -0.3 is 9.88 Å². The Bertz CT molecular complexity index is 536. The molecule has 0 aromatic carbocycles. The van der Waals surface area contributed by atoms with Crippen molar-refractivity contribution in [2.75, 3.05) is 0 Å². The van der Waals surface area contributed by atoms with Gasteiger partial charge in [-0.1, -0.05) is 11.6 Å². The Morgan fingerprint density at radius 1 is 1.47 bits per heavy atom. The lowest BCUT2D eigenvalue weighted by atomic mass is 10.2. The molecule has 0 spiro atoms. The molecule has 17 heavy (non-hydrogen) atoms. The summed E-state index contributed by atoms with van der Waals surface area (Å²) in [5.41, 5.74) is 1.42. The summed E-state index contributed by atoms with van der Waals surface area (Å²) in [4.78, 5) is 15.7. The van der Waals surface area contributed by atoms with Gasteiger partial charge in [0.2, 0.25) is 0 Å². The first-order valence-electron chi connectivity index (χ1n) is 5.17. The second-order valence-corrected chi connectivity index (χ2v) is 3.99. The number of pyridine rings is 1. The lowest BCUT2D eigenvalue weighted by Gasteiger charge is -2.07. The topological polar surface area (TPSA) is 46.9 Å². The van der Waals surface area contributed by atoms with Crippen LogP contribution in [0.1, 0.15) is 16.1 Å². The fourth-order valence-corrected chi connectivity index (χ4v) is 1.71. The first-order valence-corrected chi connectivity index (χ1v) is 5.55. The molecule has 2 heterocycles. The van der Waals surface area contributed by atoms with E-state index in [4.69, 9.17) is 11.6 Å². The van der Waals surface area contributed by atoms with E-state index in [1.807, 2.05) is 29.9 Å². The molecule has 0 fully saturated rings. The maximum Gasteiger partial charge on any atom is 0.254 e. The normalized spacial score (nSPS) is 10.2. The second kappa shape index (κ2) is 5.01. The predicted molar refractivity (Wildman–Crippen MR) is 65.8 cm³/mol. The summed E-state index contributed by atoms with van der Waals surface area (Å²) in [5.74, 6) is -0.218. The van der Waals surface area contributed by atoms with Crippen molar-refractivity contribution in [1.82, 2.24) is 14.9 Å². The van der Waals surface area contributed by atoms with Gasteiger partial charge in [-0.2, -0.15) is 0 Å². The molecule has 2 aromatic heterocycles. The van der Waals surface area contributed by atoms with Crippen LogP contribution in [0.5, 0.6) is 0 Å². The van der Waals surface area contributed by atoms with Crippen molar-refractivity contribution in [3.63, 3.8) is 0 Å². The van der Waals surface area contributed by atoms with Crippen LogP contribution in [0.3, 0.4) is 0 Å². The molecule has 0 unspecified atom stereocenters. The van der Waals surface area contributed by atoms with Crippen molar-refractivity contribution in [3.8, 4) is 0 Å². The van der Waals surface area contributed by atoms with Crippen LogP contribution in [-0.2, 0) is 13.6 Å². The van der Waals surface area contributed by atoms with E-state index < -0.39 is 0 Å². The summed E-state index contributed by atoms with van der Waals surface area (Å²) >= 11 is 5.83. The first-order chi connectivity index (χ1) is 8.18. The van der Waals surface area contributed by atoms with Gasteiger partial charge in [-0.25, -0.2) is 4.98 Å².